The molecule has 2 rings (SSSR count). The van der Waals surface area contributed by atoms with Crippen LogP contribution in [-0.2, 0) is 4.79 Å². The number of carbonyl (C=O) groups excluding carboxylic acids is 1. The van der Waals surface area contributed by atoms with E-state index in [-0.39, 0.29) is 5.91 Å². The van der Waals surface area contributed by atoms with Crippen LogP contribution in [0.3, 0.4) is 0 Å². The van der Waals surface area contributed by atoms with Crippen molar-refractivity contribution >= 4 is 11.7 Å². The van der Waals surface area contributed by atoms with Gasteiger partial charge in [-0.1, -0.05) is 19.1 Å². The van der Waals surface area contributed by atoms with Gasteiger partial charge in [-0.05, 0) is 47.8 Å². The standard InChI is InChI=1S/C14H17N3O2/c1-4-5-12(18)15-14-13(16-19-17-14)11-7-6-9(2)10(3)8-11/h6-8H,4-5H2,1-3H3,(H,15,17,18). The molecule has 0 unspecified atom stereocenters. The highest BCUT2D eigenvalue weighted by Gasteiger charge is 2.15. The summed E-state index contributed by atoms with van der Waals surface area (Å²) in [5.41, 5.74) is 3.81. The van der Waals surface area contributed by atoms with E-state index in [1.54, 1.807) is 0 Å². The topological polar surface area (TPSA) is 68.0 Å². The molecular weight excluding hydrogens is 242 g/mol. The lowest BCUT2D eigenvalue weighted by atomic mass is 10.0. The number of aryl methyl sites for hydroxylation is 2. The summed E-state index contributed by atoms with van der Waals surface area (Å²) in [6.45, 7) is 6.02. The molecule has 2 aromatic rings. The zero-order chi connectivity index (χ0) is 13.8. The SMILES string of the molecule is CCCC(=O)Nc1nonc1-c1ccc(C)c(C)c1. The molecule has 0 aliphatic heterocycles. The number of anilines is 1. The molecule has 1 heterocycles. The lowest BCUT2D eigenvalue weighted by Gasteiger charge is -2.04. The highest BCUT2D eigenvalue weighted by Crippen LogP contribution is 2.26. The van der Waals surface area contributed by atoms with Crippen molar-refractivity contribution in [3.63, 3.8) is 0 Å². The number of nitrogens with one attached hydrogen (secondary N) is 1. The number of aromatic nitrogens is 2. The first-order valence-corrected chi connectivity index (χ1v) is 6.32. The summed E-state index contributed by atoms with van der Waals surface area (Å²) in [5, 5.41) is 10.3. The van der Waals surface area contributed by atoms with Gasteiger partial charge in [0.2, 0.25) is 11.7 Å². The molecule has 0 aliphatic rings. The fraction of sp³-hybridized carbons (Fsp3) is 0.357. The van der Waals surface area contributed by atoms with Gasteiger partial charge in [-0.3, -0.25) is 4.79 Å². The van der Waals surface area contributed by atoms with Crippen molar-refractivity contribution in [2.24, 2.45) is 0 Å². The molecule has 0 bridgehead atoms. The van der Waals surface area contributed by atoms with E-state index in [9.17, 15) is 4.79 Å². The molecule has 0 atom stereocenters. The summed E-state index contributed by atoms with van der Waals surface area (Å²) < 4.78 is 4.73. The second-order valence-corrected chi connectivity index (χ2v) is 4.56. The molecule has 100 valence electrons. The van der Waals surface area contributed by atoms with E-state index in [0.29, 0.717) is 17.9 Å². The quantitative estimate of drug-likeness (QED) is 0.916. The van der Waals surface area contributed by atoms with Crippen molar-refractivity contribution in [1.82, 2.24) is 10.3 Å². The van der Waals surface area contributed by atoms with E-state index in [1.165, 1.54) is 5.56 Å². The fourth-order valence-corrected chi connectivity index (χ4v) is 1.77. The minimum atomic E-state index is -0.0803. The Hall–Kier alpha value is -2.17. The van der Waals surface area contributed by atoms with Crippen LogP contribution in [0, 0.1) is 13.8 Å². The summed E-state index contributed by atoms with van der Waals surface area (Å²) in [5.74, 6) is 0.296. The molecule has 5 heteroatoms. The predicted octanol–water partition coefficient (Wildman–Crippen LogP) is 3.09. The summed E-state index contributed by atoms with van der Waals surface area (Å²) >= 11 is 0. The Bertz CT molecular complexity index is 590. The molecular formula is C14H17N3O2. The lowest BCUT2D eigenvalue weighted by Crippen LogP contribution is -2.11. The van der Waals surface area contributed by atoms with Gasteiger partial charge >= 0.3 is 0 Å². The highest BCUT2D eigenvalue weighted by molar-refractivity contribution is 5.93. The van der Waals surface area contributed by atoms with Gasteiger partial charge in [0.05, 0.1) is 0 Å². The van der Waals surface area contributed by atoms with E-state index in [2.05, 4.69) is 15.6 Å². The molecule has 0 radical (unpaired) electrons. The number of hydrogen-bond acceptors (Lipinski definition) is 4. The number of carbonyl (C=O) groups is 1. The van der Waals surface area contributed by atoms with Gasteiger partial charge in [0.1, 0.15) is 0 Å². The molecule has 1 amide bonds. The van der Waals surface area contributed by atoms with Crippen LogP contribution in [0.15, 0.2) is 22.8 Å². The molecule has 0 aliphatic carbocycles. The zero-order valence-electron chi connectivity index (χ0n) is 11.4. The molecule has 5 nitrogen and oxygen atoms in total. The largest absolute Gasteiger partial charge is 0.306 e. The third-order valence-electron chi connectivity index (χ3n) is 3.00. The molecule has 1 aromatic carbocycles. The van der Waals surface area contributed by atoms with Crippen molar-refractivity contribution in [2.75, 3.05) is 5.32 Å². The third-order valence-corrected chi connectivity index (χ3v) is 3.00. The van der Waals surface area contributed by atoms with Crippen LogP contribution < -0.4 is 5.32 Å². The molecule has 19 heavy (non-hydrogen) atoms. The van der Waals surface area contributed by atoms with Crippen molar-refractivity contribution in [3.05, 3.63) is 29.3 Å². The van der Waals surface area contributed by atoms with E-state index >= 15 is 0 Å². The summed E-state index contributed by atoms with van der Waals surface area (Å²) in [6.07, 6.45) is 1.25. The van der Waals surface area contributed by atoms with Crippen LogP contribution in [0.1, 0.15) is 30.9 Å². The van der Waals surface area contributed by atoms with Gasteiger partial charge < -0.3 is 5.32 Å². The summed E-state index contributed by atoms with van der Waals surface area (Å²) in [4.78, 5) is 11.6. The van der Waals surface area contributed by atoms with Crippen molar-refractivity contribution in [1.29, 1.82) is 0 Å². The number of amides is 1. The molecule has 1 aromatic heterocycles. The van der Waals surface area contributed by atoms with Crippen LogP contribution in [-0.4, -0.2) is 16.2 Å². The monoisotopic (exact) mass is 259 g/mol. The van der Waals surface area contributed by atoms with Crippen molar-refractivity contribution in [2.45, 2.75) is 33.6 Å². The third kappa shape index (κ3) is 2.99. The average molecular weight is 259 g/mol. The average Bonchev–Trinajstić information content (AvgIpc) is 2.81. The van der Waals surface area contributed by atoms with E-state index in [1.807, 2.05) is 39.0 Å². The Labute approximate surface area is 112 Å². The van der Waals surface area contributed by atoms with E-state index < -0.39 is 0 Å². The Kier molecular flexibility index (Phi) is 3.94. The zero-order valence-corrected chi connectivity index (χ0v) is 11.4. The maximum Gasteiger partial charge on any atom is 0.225 e. The number of hydrogen-bond donors (Lipinski definition) is 1. The Morgan fingerprint density at radius 1 is 1.26 bits per heavy atom. The van der Waals surface area contributed by atoms with Crippen LogP contribution in [0.4, 0.5) is 5.82 Å². The van der Waals surface area contributed by atoms with Crippen LogP contribution in [0.2, 0.25) is 0 Å². The highest BCUT2D eigenvalue weighted by atomic mass is 16.6. The van der Waals surface area contributed by atoms with Gasteiger partial charge in [-0.2, -0.15) is 0 Å². The normalized spacial score (nSPS) is 10.5. The maximum atomic E-state index is 11.6. The van der Waals surface area contributed by atoms with Crippen LogP contribution in [0.5, 0.6) is 0 Å². The molecule has 0 fully saturated rings. The molecule has 0 saturated heterocycles. The van der Waals surface area contributed by atoms with Crippen molar-refractivity contribution in [3.8, 4) is 11.3 Å². The second kappa shape index (κ2) is 5.65. The molecule has 0 saturated carbocycles. The predicted molar refractivity (Wildman–Crippen MR) is 72.7 cm³/mol. The molecule has 0 spiro atoms. The van der Waals surface area contributed by atoms with Crippen LogP contribution in [0.25, 0.3) is 11.3 Å². The van der Waals surface area contributed by atoms with E-state index in [4.69, 9.17) is 4.63 Å². The Balaban J connectivity index is 2.28. The second-order valence-electron chi connectivity index (χ2n) is 4.56. The fourth-order valence-electron chi connectivity index (χ4n) is 1.77. The smallest absolute Gasteiger partial charge is 0.225 e. The van der Waals surface area contributed by atoms with Gasteiger partial charge in [0.25, 0.3) is 0 Å². The summed E-state index contributed by atoms with van der Waals surface area (Å²) in [7, 11) is 0. The Morgan fingerprint density at radius 3 is 2.74 bits per heavy atom. The van der Waals surface area contributed by atoms with Crippen LogP contribution >= 0.6 is 0 Å². The first kappa shape index (κ1) is 13.3. The number of benzene rings is 1. The lowest BCUT2D eigenvalue weighted by molar-refractivity contribution is -0.116. The molecule has 1 N–H and O–H groups in total. The number of nitrogens with zero attached hydrogens (tertiary/aromatic N) is 2. The maximum absolute atomic E-state index is 11.6. The van der Waals surface area contributed by atoms with Gasteiger partial charge in [0, 0.05) is 12.0 Å². The Morgan fingerprint density at radius 2 is 2.05 bits per heavy atom. The van der Waals surface area contributed by atoms with Gasteiger partial charge in [-0.25, -0.2) is 4.63 Å². The minimum Gasteiger partial charge on any atom is -0.306 e. The number of rotatable bonds is 4. The van der Waals surface area contributed by atoms with E-state index in [0.717, 1.165) is 17.5 Å². The summed E-state index contributed by atoms with van der Waals surface area (Å²) in [6, 6.07) is 5.96. The first-order chi connectivity index (χ1) is 9.11. The minimum absolute atomic E-state index is 0.0803. The van der Waals surface area contributed by atoms with Crippen molar-refractivity contribution < 1.29 is 9.42 Å². The van der Waals surface area contributed by atoms with Gasteiger partial charge in [0.15, 0.2) is 5.69 Å². The first-order valence-electron chi connectivity index (χ1n) is 6.32. The van der Waals surface area contributed by atoms with Gasteiger partial charge in [-0.15, -0.1) is 0 Å².